The van der Waals surface area contributed by atoms with Crippen molar-refractivity contribution in [3.8, 4) is 0 Å². The molecule has 0 aromatic heterocycles. The number of hydrogen-bond acceptors (Lipinski definition) is 2. The van der Waals surface area contributed by atoms with Crippen LogP contribution in [0.4, 0.5) is 14.9 Å². The average Bonchev–Trinajstić information content (AvgIpc) is 2.20. The highest BCUT2D eigenvalue weighted by atomic mass is 19.1. The molecule has 0 aliphatic carbocycles. The molecule has 1 heterocycles. The van der Waals surface area contributed by atoms with E-state index in [9.17, 15) is 14.0 Å². The Morgan fingerprint density at radius 3 is 2.68 bits per heavy atom. The fourth-order valence-corrected chi connectivity index (χ4v) is 2.12. The number of hydrogen-bond donors (Lipinski definition) is 2. The van der Waals surface area contributed by atoms with Gasteiger partial charge in [0.1, 0.15) is 5.82 Å². The molecule has 2 N–H and O–H groups in total. The van der Waals surface area contributed by atoms with Crippen molar-refractivity contribution in [3.05, 3.63) is 29.6 Å². The topological polar surface area (TPSA) is 69.6 Å². The van der Waals surface area contributed by atoms with Gasteiger partial charge in [-0.2, -0.15) is 0 Å². The van der Waals surface area contributed by atoms with Crippen molar-refractivity contribution >= 4 is 17.7 Å². The smallest absolute Gasteiger partial charge is 0.321 e. The lowest BCUT2D eigenvalue weighted by molar-refractivity contribution is -0.139. The van der Waals surface area contributed by atoms with Crippen LogP contribution in [0, 0.1) is 18.7 Å². The van der Waals surface area contributed by atoms with Crippen LogP contribution in [-0.2, 0) is 4.79 Å². The number of aliphatic carboxylic acids is 1. The lowest BCUT2D eigenvalue weighted by atomic mass is 9.97. The van der Waals surface area contributed by atoms with Crippen LogP contribution in [0.5, 0.6) is 0 Å². The molecule has 1 aromatic rings. The molecule has 0 bridgehead atoms. The molecule has 1 aromatic carbocycles. The van der Waals surface area contributed by atoms with E-state index >= 15 is 0 Å². The van der Waals surface area contributed by atoms with Gasteiger partial charge in [-0.1, -0.05) is 0 Å². The largest absolute Gasteiger partial charge is 0.481 e. The fraction of sp³-hybridized carbons (Fsp3) is 0.385. The number of amides is 2. The van der Waals surface area contributed by atoms with Gasteiger partial charge in [-0.3, -0.25) is 4.79 Å². The molecule has 1 saturated heterocycles. The van der Waals surface area contributed by atoms with E-state index in [0.29, 0.717) is 18.8 Å². The van der Waals surface area contributed by atoms with Crippen molar-refractivity contribution in [1.29, 1.82) is 0 Å². The Labute approximate surface area is 110 Å². The van der Waals surface area contributed by atoms with Gasteiger partial charge in [0.05, 0.1) is 6.42 Å². The summed E-state index contributed by atoms with van der Waals surface area (Å²) in [7, 11) is 0. The minimum Gasteiger partial charge on any atom is -0.481 e. The van der Waals surface area contributed by atoms with E-state index in [0.717, 1.165) is 5.56 Å². The number of anilines is 1. The molecule has 1 aliphatic rings. The molecular weight excluding hydrogens is 251 g/mol. The highest BCUT2D eigenvalue weighted by Gasteiger charge is 2.32. The molecule has 6 heteroatoms. The lowest BCUT2D eigenvalue weighted by Gasteiger charge is -2.38. The quantitative estimate of drug-likeness (QED) is 0.880. The number of halogens is 1. The number of nitrogens with one attached hydrogen (secondary N) is 1. The summed E-state index contributed by atoms with van der Waals surface area (Å²) < 4.78 is 13.2. The summed E-state index contributed by atoms with van der Waals surface area (Å²) in [5.41, 5.74) is 1.13. The first kappa shape index (κ1) is 13.3. The van der Waals surface area contributed by atoms with Crippen LogP contribution in [0.1, 0.15) is 12.0 Å². The van der Waals surface area contributed by atoms with Gasteiger partial charge in [0.25, 0.3) is 0 Å². The summed E-state index contributed by atoms with van der Waals surface area (Å²) in [6.07, 6.45) is 0.0723. The van der Waals surface area contributed by atoms with Crippen LogP contribution in [0.25, 0.3) is 0 Å². The van der Waals surface area contributed by atoms with Crippen molar-refractivity contribution in [1.82, 2.24) is 4.90 Å². The Bertz CT molecular complexity index is 492. The maximum atomic E-state index is 13.2. The summed E-state index contributed by atoms with van der Waals surface area (Å²) in [5.74, 6) is -1.24. The second-order valence-electron chi connectivity index (χ2n) is 4.82. The molecule has 19 heavy (non-hydrogen) atoms. The zero-order valence-corrected chi connectivity index (χ0v) is 10.5. The Balaban J connectivity index is 1.87. The van der Waals surface area contributed by atoms with Crippen LogP contribution >= 0.6 is 0 Å². The SMILES string of the molecule is Cc1cc(F)cc(NC(=O)N2CC(CC(=O)O)C2)c1. The monoisotopic (exact) mass is 266 g/mol. The fourth-order valence-electron chi connectivity index (χ4n) is 2.12. The molecule has 0 spiro atoms. The van der Waals surface area contributed by atoms with Gasteiger partial charge >= 0.3 is 12.0 Å². The molecule has 1 aliphatic heterocycles. The average molecular weight is 266 g/mol. The Morgan fingerprint density at radius 1 is 1.42 bits per heavy atom. The number of urea groups is 1. The van der Waals surface area contributed by atoms with E-state index in [1.54, 1.807) is 13.0 Å². The zero-order chi connectivity index (χ0) is 14.0. The highest BCUT2D eigenvalue weighted by Crippen LogP contribution is 2.21. The van der Waals surface area contributed by atoms with Crippen molar-refractivity contribution in [2.45, 2.75) is 13.3 Å². The number of aryl methyl sites for hydroxylation is 1. The molecule has 5 nitrogen and oxygen atoms in total. The second-order valence-corrected chi connectivity index (χ2v) is 4.82. The predicted molar refractivity (Wildman–Crippen MR) is 67.5 cm³/mol. The van der Waals surface area contributed by atoms with Crippen molar-refractivity contribution in [3.63, 3.8) is 0 Å². The highest BCUT2D eigenvalue weighted by molar-refractivity contribution is 5.90. The van der Waals surface area contributed by atoms with Crippen LogP contribution in [0.3, 0.4) is 0 Å². The zero-order valence-electron chi connectivity index (χ0n) is 10.5. The number of carbonyl (C=O) groups excluding carboxylic acids is 1. The molecule has 0 radical (unpaired) electrons. The molecule has 2 amide bonds. The van der Waals surface area contributed by atoms with Gasteiger partial charge in [0, 0.05) is 24.7 Å². The summed E-state index contributed by atoms with van der Waals surface area (Å²) in [4.78, 5) is 23.8. The number of carboxylic acids is 1. The lowest BCUT2D eigenvalue weighted by Crippen LogP contribution is -2.52. The van der Waals surface area contributed by atoms with Gasteiger partial charge in [0.2, 0.25) is 0 Å². The number of carbonyl (C=O) groups is 2. The summed E-state index contributed by atoms with van der Waals surface area (Å²) in [6.45, 7) is 2.59. The van der Waals surface area contributed by atoms with Crippen LogP contribution in [0.15, 0.2) is 18.2 Å². The van der Waals surface area contributed by atoms with Crippen LogP contribution in [-0.4, -0.2) is 35.1 Å². The van der Waals surface area contributed by atoms with Gasteiger partial charge in [0.15, 0.2) is 0 Å². The maximum Gasteiger partial charge on any atom is 0.321 e. The third-order valence-corrected chi connectivity index (χ3v) is 3.00. The standard InChI is InChI=1S/C13H15FN2O3/c1-8-2-10(14)5-11(3-8)15-13(19)16-6-9(7-16)4-12(17)18/h2-3,5,9H,4,6-7H2,1H3,(H,15,19)(H,17,18). The molecule has 0 atom stereocenters. The molecular formula is C13H15FN2O3. The van der Waals surface area contributed by atoms with Gasteiger partial charge in [-0.15, -0.1) is 0 Å². The van der Waals surface area contributed by atoms with Crippen molar-refractivity contribution in [2.24, 2.45) is 5.92 Å². The number of rotatable bonds is 3. The Morgan fingerprint density at radius 2 is 2.11 bits per heavy atom. The minimum absolute atomic E-state index is 0.0116. The molecule has 1 fully saturated rings. The van der Waals surface area contributed by atoms with Crippen LogP contribution < -0.4 is 5.32 Å². The van der Waals surface area contributed by atoms with E-state index in [-0.39, 0.29) is 18.4 Å². The first-order valence-corrected chi connectivity index (χ1v) is 5.99. The van der Waals surface area contributed by atoms with E-state index in [1.807, 2.05) is 0 Å². The summed E-state index contributed by atoms with van der Waals surface area (Å²) in [6, 6.07) is 3.98. The maximum absolute atomic E-state index is 13.2. The molecule has 0 unspecified atom stereocenters. The Kier molecular flexibility index (Phi) is 3.69. The van der Waals surface area contributed by atoms with E-state index in [1.165, 1.54) is 17.0 Å². The van der Waals surface area contributed by atoms with E-state index < -0.39 is 11.8 Å². The van der Waals surface area contributed by atoms with Gasteiger partial charge < -0.3 is 15.3 Å². The number of carboxylic acid groups (broad SMARTS) is 1. The van der Waals surface area contributed by atoms with E-state index in [2.05, 4.69) is 5.32 Å². The van der Waals surface area contributed by atoms with Gasteiger partial charge in [-0.25, -0.2) is 9.18 Å². The first-order chi connectivity index (χ1) is 8.94. The summed E-state index contributed by atoms with van der Waals surface area (Å²) in [5, 5.41) is 11.2. The number of nitrogens with zero attached hydrogens (tertiary/aromatic N) is 1. The third kappa shape index (κ3) is 3.43. The summed E-state index contributed by atoms with van der Waals surface area (Å²) >= 11 is 0. The van der Waals surface area contributed by atoms with Gasteiger partial charge in [-0.05, 0) is 30.7 Å². The second kappa shape index (κ2) is 5.26. The Hall–Kier alpha value is -2.11. The van der Waals surface area contributed by atoms with E-state index in [4.69, 9.17) is 5.11 Å². The number of benzene rings is 1. The number of likely N-dealkylation sites (tertiary alicyclic amines) is 1. The normalized spacial score (nSPS) is 14.9. The molecule has 2 rings (SSSR count). The minimum atomic E-state index is -0.856. The predicted octanol–water partition coefficient (Wildman–Crippen LogP) is 2.07. The molecule has 102 valence electrons. The molecule has 0 saturated carbocycles. The van der Waals surface area contributed by atoms with Crippen LogP contribution in [0.2, 0.25) is 0 Å². The third-order valence-electron chi connectivity index (χ3n) is 3.00. The van der Waals surface area contributed by atoms with Crippen molar-refractivity contribution in [2.75, 3.05) is 18.4 Å². The first-order valence-electron chi connectivity index (χ1n) is 5.99. The van der Waals surface area contributed by atoms with Crippen molar-refractivity contribution < 1.29 is 19.1 Å².